The Morgan fingerprint density at radius 3 is 2.70 bits per heavy atom. The van der Waals surface area contributed by atoms with Crippen LogP contribution in [0.4, 0.5) is 0 Å². The Morgan fingerprint density at radius 1 is 1.25 bits per heavy atom. The van der Waals surface area contributed by atoms with E-state index in [4.69, 9.17) is 14.5 Å². The first kappa shape index (κ1) is 30.6. The standard InChI is InChI=1S/C30H43N3O6S/c1-18-8-7-9-30(6)24(39-30)13-22(19(2)12-21-16-40-25(32-21)15-33-11-10-31-17-33)38-26(35)14-23(34)29(4,5)28(37)20(3)27(18)36/h10-12,16-18,20,22-24,27,34,36H,7-9,13-15H2,1-6H3/t18-,20+,22-,23-,24-,27-,30+/m0/s1. The first-order chi connectivity index (χ1) is 18.8. The summed E-state index contributed by atoms with van der Waals surface area (Å²) in [5.41, 5.74) is 0.0745. The maximum absolute atomic E-state index is 13.3. The van der Waals surface area contributed by atoms with Crippen LogP contribution in [0.1, 0.15) is 84.3 Å². The molecule has 7 atom stereocenters. The third-order valence-electron chi connectivity index (χ3n) is 8.74. The van der Waals surface area contributed by atoms with E-state index in [9.17, 15) is 19.8 Å². The number of imidazole rings is 1. The number of hydrogen-bond acceptors (Lipinski definition) is 9. The number of rotatable bonds is 4. The van der Waals surface area contributed by atoms with E-state index in [-0.39, 0.29) is 29.8 Å². The van der Waals surface area contributed by atoms with Crippen LogP contribution in [0.5, 0.6) is 0 Å². The highest BCUT2D eigenvalue weighted by molar-refractivity contribution is 7.09. The van der Waals surface area contributed by atoms with E-state index in [0.29, 0.717) is 13.0 Å². The number of cyclic esters (lactones) is 1. The second-order valence-corrected chi connectivity index (χ2v) is 13.3. The van der Waals surface area contributed by atoms with Crippen molar-refractivity contribution in [3.63, 3.8) is 0 Å². The number of ether oxygens (including phenoxy) is 2. The van der Waals surface area contributed by atoms with Crippen LogP contribution in [0.25, 0.3) is 6.08 Å². The van der Waals surface area contributed by atoms with Crippen LogP contribution >= 0.6 is 11.3 Å². The van der Waals surface area contributed by atoms with Crippen molar-refractivity contribution >= 4 is 29.2 Å². The maximum Gasteiger partial charge on any atom is 0.309 e. The number of thiazole rings is 1. The lowest BCUT2D eigenvalue weighted by molar-refractivity contribution is -0.154. The summed E-state index contributed by atoms with van der Waals surface area (Å²) in [5, 5.41) is 24.8. The smallest absolute Gasteiger partial charge is 0.309 e. The number of aliphatic hydroxyl groups is 2. The van der Waals surface area contributed by atoms with Gasteiger partial charge in [-0.3, -0.25) is 9.59 Å². The van der Waals surface area contributed by atoms with E-state index in [0.717, 1.165) is 35.5 Å². The Kier molecular flexibility index (Phi) is 9.34. The van der Waals surface area contributed by atoms with E-state index in [1.165, 1.54) is 0 Å². The third-order valence-corrected chi connectivity index (χ3v) is 9.59. The molecular weight excluding hydrogens is 530 g/mol. The van der Waals surface area contributed by atoms with Crippen molar-refractivity contribution in [3.8, 4) is 0 Å². The monoisotopic (exact) mass is 573 g/mol. The number of nitrogens with zero attached hydrogens (tertiary/aromatic N) is 3. The van der Waals surface area contributed by atoms with Gasteiger partial charge in [0.1, 0.15) is 16.9 Å². The van der Waals surface area contributed by atoms with Gasteiger partial charge < -0.3 is 24.3 Å². The molecule has 0 aromatic carbocycles. The van der Waals surface area contributed by atoms with Gasteiger partial charge in [0.15, 0.2) is 0 Å². The van der Waals surface area contributed by atoms with Crippen LogP contribution in [-0.2, 0) is 25.6 Å². The molecule has 2 fully saturated rings. The molecule has 2 N–H and O–H groups in total. The summed E-state index contributed by atoms with van der Waals surface area (Å²) in [4.78, 5) is 35.2. The van der Waals surface area contributed by atoms with Crippen LogP contribution in [0.2, 0.25) is 0 Å². The second kappa shape index (κ2) is 12.2. The normalized spacial score (nSPS) is 34.2. The molecule has 2 saturated heterocycles. The van der Waals surface area contributed by atoms with Crippen molar-refractivity contribution in [1.29, 1.82) is 0 Å². The van der Waals surface area contributed by atoms with Gasteiger partial charge in [0.05, 0.1) is 54.3 Å². The summed E-state index contributed by atoms with van der Waals surface area (Å²) < 4.78 is 14.0. The summed E-state index contributed by atoms with van der Waals surface area (Å²) >= 11 is 1.55. The lowest BCUT2D eigenvalue weighted by atomic mass is 9.73. The molecule has 4 heterocycles. The van der Waals surface area contributed by atoms with Gasteiger partial charge in [0, 0.05) is 30.1 Å². The van der Waals surface area contributed by atoms with Crippen LogP contribution in [0.15, 0.2) is 29.7 Å². The quantitative estimate of drug-likeness (QED) is 0.407. The van der Waals surface area contributed by atoms with E-state index >= 15 is 0 Å². The number of hydrogen-bond donors (Lipinski definition) is 2. The average molecular weight is 574 g/mol. The third kappa shape index (κ3) is 7.08. The summed E-state index contributed by atoms with van der Waals surface area (Å²) in [6, 6.07) is 0. The first-order valence-electron chi connectivity index (χ1n) is 14.2. The van der Waals surface area contributed by atoms with Gasteiger partial charge in [-0.05, 0) is 44.3 Å². The number of carbonyl (C=O) groups is 2. The van der Waals surface area contributed by atoms with Gasteiger partial charge in [-0.25, -0.2) is 9.97 Å². The molecule has 220 valence electrons. The highest BCUT2D eigenvalue weighted by Crippen LogP contribution is 2.45. The fraction of sp³-hybridized carbons (Fsp3) is 0.667. The predicted molar refractivity (Wildman–Crippen MR) is 152 cm³/mol. The molecule has 9 nitrogen and oxygen atoms in total. The van der Waals surface area contributed by atoms with Gasteiger partial charge in [0.25, 0.3) is 0 Å². The number of Topliss-reactive ketones (excluding diaryl/α,β-unsaturated/α-hetero) is 1. The minimum Gasteiger partial charge on any atom is -0.458 e. The molecule has 4 rings (SSSR count). The van der Waals surface area contributed by atoms with Crippen LogP contribution in [0.3, 0.4) is 0 Å². The van der Waals surface area contributed by atoms with E-state index in [1.807, 2.05) is 36.1 Å². The number of esters is 1. The fourth-order valence-electron chi connectivity index (χ4n) is 5.62. The highest BCUT2D eigenvalue weighted by Gasteiger charge is 2.53. The molecule has 0 amide bonds. The van der Waals surface area contributed by atoms with Crippen molar-refractivity contribution in [3.05, 3.63) is 40.4 Å². The maximum atomic E-state index is 13.3. The molecule has 0 saturated carbocycles. The average Bonchev–Trinajstić information content (AvgIpc) is 3.26. The Labute approximate surface area is 240 Å². The van der Waals surface area contributed by atoms with Gasteiger partial charge >= 0.3 is 5.97 Å². The van der Waals surface area contributed by atoms with E-state index in [1.54, 1.807) is 44.6 Å². The first-order valence-corrected chi connectivity index (χ1v) is 15.0. The molecule has 0 bridgehead atoms. The zero-order valence-corrected chi connectivity index (χ0v) is 25.2. The number of epoxide rings is 1. The lowest BCUT2D eigenvalue weighted by Gasteiger charge is -2.34. The Hall–Kier alpha value is -2.40. The summed E-state index contributed by atoms with van der Waals surface area (Å²) in [7, 11) is 0. The summed E-state index contributed by atoms with van der Waals surface area (Å²) in [5.74, 6) is -1.60. The molecule has 2 aliphatic rings. The summed E-state index contributed by atoms with van der Waals surface area (Å²) in [6.07, 6.45) is 7.17. The highest BCUT2D eigenvalue weighted by atomic mass is 32.1. The largest absolute Gasteiger partial charge is 0.458 e. The zero-order valence-electron chi connectivity index (χ0n) is 24.4. The molecular formula is C30H43N3O6S. The summed E-state index contributed by atoms with van der Waals surface area (Å²) in [6.45, 7) is 11.5. The SMILES string of the molecule is CC(=Cc1csc(Cn2ccnc2)n1)[C@@H]1C[C@@H]2O[C@]2(C)CCC[C@H](C)[C@H](O)[C@@H](C)C(=O)C(C)(C)[C@@H](O)CC(=O)O1. The van der Waals surface area contributed by atoms with Crippen LogP contribution in [0, 0.1) is 17.3 Å². The van der Waals surface area contributed by atoms with Crippen LogP contribution < -0.4 is 0 Å². The minimum absolute atomic E-state index is 0.0733. The predicted octanol–water partition coefficient (Wildman–Crippen LogP) is 4.41. The van der Waals surface area contributed by atoms with E-state index < -0.39 is 35.6 Å². The Bertz CT molecular complexity index is 1210. The van der Waals surface area contributed by atoms with Crippen molar-refractivity contribution in [1.82, 2.24) is 14.5 Å². The minimum atomic E-state index is -1.25. The Morgan fingerprint density at radius 2 is 2.00 bits per heavy atom. The van der Waals surface area contributed by atoms with Crippen LogP contribution in [-0.4, -0.2) is 66.5 Å². The van der Waals surface area contributed by atoms with Gasteiger partial charge in [-0.15, -0.1) is 11.3 Å². The molecule has 2 aromatic rings. The van der Waals surface area contributed by atoms with Crippen molar-refractivity contribution in [2.24, 2.45) is 17.3 Å². The number of fused-ring (bicyclic) bond motifs is 1. The number of aliphatic hydroxyl groups excluding tert-OH is 2. The fourth-order valence-corrected chi connectivity index (χ4v) is 6.38. The number of aromatic nitrogens is 3. The number of carbonyl (C=O) groups excluding carboxylic acids is 2. The molecule has 0 radical (unpaired) electrons. The molecule has 2 aliphatic heterocycles. The van der Waals surface area contributed by atoms with Gasteiger partial charge in [-0.1, -0.05) is 34.1 Å². The molecule has 0 aliphatic carbocycles. The molecule has 0 unspecified atom stereocenters. The van der Waals surface area contributed by atoms with E-state index in [2.05, 4.69) is 11.9 Å². The zero-order chi connectivity index (χ0) is 29.2. The van der Waals surface area contributed by atoms with Gasteiger partial charge in [-0.2, -0.15) is 0 Å². The number of ketones is 1. The van der Waals surface area contributed by atoms with Crippen molar-refractivity contribution in [2.45, 2.75) is 110 Å². The molecule has 10 heteroatoms. The van der Waals surface area contributed by atoms with Gasteiger partial charge in [0.2, 0.25) is 0 Å². The topological polar surface area (TPSA) is 127 Å². The molecule has 40 heavy (non-hydrogen) atoms. The Balaban J connectivity index is 1.54. The van der Waals surface area contributed by atoms with Crippen molar-refractivity contribution in [2.75, 3.05) is 0 Å². The second-order valence-electron chi connectivity index (χ2n) is 12.4. The molecule has 0 spiro atoms. The van der Waals surface area contributed by atoms with Crippen molar-refractivity contribution < 1.29 is 29.3 Å². The molecule has 2 aromatic heterocycles. The lowest BCUT2D eigenvalue weighted by Crippen LogP contribution is -2.45.